The molecule has 1 saturated carbocycles. The van der Waals surface area contributed by atoms with Crippen molar-refractivity contribution in [2.24, 2.45) is 10.9 Å². The Morgan fingerprint density at radius 1 is 1.38 bits per heavy atom. The molecule has 0 aliphatic heterocycles. The highest BCUT2D eigenvalue weighted by molar-refractivity contribution is 5.80. The van der Waals surface area contributed by atoms with Crippen molar-refractivity contribution in [1.82, 2.24) is 0 Å². The number of hydrogen-bond acceptors (Lipinski definition) is 2. The van der Waals surface area contributed by atoms with Gasteiger partial charge < -0.3 is 0 Å². The van der Waals surface area contributed by atoms with Crippen LogP contribution in [0.4, 0.5) is 0 Å². The molecular weight excluding hydrogens is 162 g/mol. The first-order chi connectivity index (χ1) is 6.24. The molecule has 0 saturated heterocycles. The Bertz CT molecular complexity index is 282. The van der Waals surface area contributed by atoms with Crippen molar-refractivity contribution < 1.29 is 4.79 Å². The van der Waals surface area contributed by atoms with Gasteiger partial charge in [0.1, 0.15) is 0 Å². The second-order valence-corrected chi connectivity index (χ2v) is 3.10. The maximum atomic E-state index is 10.1. The van der Waals surface area contributed by atoms with E-state index in [-0.39, 0.29) is 5.70 Å². The molecular formula is C11H13NO. The molecule has 0 N–H and O–H groups in total. The molecule has 0 amide bonds. The van der Waals surface area contributed by atoms with E-state index in [1.807, 2.05) is 6.08 Å². The van der Waals surface area contributed by atoms with E-state index in [1.165, 1.54) is 12.8 Å². The minimum atomic E-state index is 0.238. The second-order valence-electron chi connectivity index (χ2n) is 3.10. The second kappa shape index (κ2) is 4.55. The van der Waals surface area contributed by atoms with Gasteiger partial charge in [-0.1, -0.05) is 24.8 Å². The Morgan fingerprint density at radius 2 is 2.08 bits per heavy atom. The summed E-state index contributed by atoms with van der Waals surface area (Å²) in [6, 6.07) is 0. The summed E-state index contributed by atoms with van der Waals surface area (Å²) in [6.07, 6.45) is 8.40. The maximum Gasteiger partial charge on any atom is 0.167 e. The predicted octanol–water partition coefficient (Wildman–Crippen LogP) is 2.29. The Kier molecular flexibility index (Phi) is 3.38. The molecule has 1 fully saturated rings. The van der Waals surface area contributed by atoms with Crippen LogP contribution in [0.1, 0.15) is 12.8 Å². The lowest BCUT2D eigenvalue weighted by Gasteiger charge is -1.90. The van der Waals surface area contributed by atoms with Crippen molar-refractivity contribution in [1.29, 1.82) is 0 Å². The van der Waals surface area contributed by atoms with E-state index in [1.54, 1.807) is 12.3 Å². The number of carbonyl (C=O) groups excluding carboxylic acids is 1. The predicted molar refractivity (Wildman–Crippen MR) is 54.7 cm³/mol. The summed E-state index contributed by atoms with van der Waals surface area (Å²) < 4.78 is 0. The van der Waals surface area contributed by atoms with Crippen molar-refractivity contribution in [2.45, 2.75) is 12.8 Å². The van der Waals surface area contributed by atoms with Gasteiger partial charge in [0.15, 0.2) is 6.29 Å². The molecule has 1 aliphatic carbocycles. The van der Waals surface area contributed by atoms with Crippen LogP contribution in [0.25, 0.3) is 0 Å². The molecule has 0 spiro atoms. The van der Waals surface area contributed by atoms with Gasteiger partial charge in [-0.15, -0.1) is 0 Å². The van der Waals surface area contributed by atoms with Crippen LogP contribution < -0.4 is 0 Å². The third kappa shape index (κ3) is 3.65. The van der Waals surface area contributed by atoms with Crippen molar-refractivity contribution in [3.05, 3.63) is 36.6 Å². The minimum absolute atomic E-state index is 0.238. The number of allylic oxidation sites excluding steroid dienone is 4. The highest BCUT2D eigenvalue weighted by Gasteiger charge is 2.22. The van der Waals surface area contributed by atoms with Gasteiger partial charge in [-0.3, -0.25) is 9.79 Å². The van der Waals surface area contributed by atoms with Gasteiger partial charge in [-0.2, -0.15) is 0 Å². The Balaban J connectivity index is 2.31. The molecule has 2 heteroatoms. The molecule has 1 aliphatic rings. The van der Waals surface area contributed by atoms with Crippen LogP contribution in [0.5, 0.6) is 0 Å². The number of aldehydes is 1. The largest absolute Gasteiger partial charge is 0.296 e. The number of aliphatic imine (C=N–C) groups is 1. The third-order valence-corrected chi connectivity index (χ3v) is 1.87. The molecule has 0 radical (unpaired) electrons. The van der Waals surface area contributed by atoms with Gasteiger partial charge in [0, 0.05) is 6.21 Å². The average molecular weight is 175 g/mol. The van der Waals surface area contributed by atoms with Gasteiger partial charge in [-0.05, 0) is 24.8 Å². The first kappa shape index (κ1) is 9.65. The molecule has 0 bridgehead atoms. The molecule has 0 aromatic rings. The Labute approximate surface area is 78.4 Å². The van der Waals surface area contributed by atoms with Gasteiger partial charge in [-0.25, -0.2) is 0 Å². The highest BCUT2D eigenvalue weighted by Crippen LogP contribution is 2.35. The fraction of sp³-hybridized carbons (Fsp3) is 0.273. The van der Waals surface area contributed by atoms with E-state index in [4.69, 9.17) is 0 Å². The van der Waals surface area contributed by atoms with Crippen LogP contribution >= 0.6 is 0 Å². The fourth-order valence-electron chi connectivity index (χ4n) is 0.926. The first-order valence-electron chi connectivity index (χ1n) is 4.27. The van der Waals surface area contributed by atoms with E-state index in [9.17, 15) is 4.79 Å². The molecule has 68 valence electrons. The van der Waals surface area contributed by atoms with Crippen LogP contribution in [0.3, 0.4) is 0 Å². The summed E-state index contributed by atoms with van der Waals surface area (Å²) in [5.74, 6) is 0.680. The SMILES string of the molecule is C=C(C=O)/N=C/C=C\C(=C)C1CC1. The number of nitrogens with zero attached hydrogens (tertiary/aromatic N) is 1. The lowest BCUT2D eigenvalue weighted by atomic mass is 10.2. The molecule has 0 aromatic carbocycles. The normalized spacial score (nSPS) is 16.6. The van der Waals surface area contributed by atoms with Crippen LogP contribution in [-0.4, -0.2) is 12.5 Å². The molecule has 0 atom stereocenters. The van der Waals surface area contributed by atoms with E-state index >= 15 is 0 Å². The van der Waals surface area contributed by atoms with Crippen LogP contribution in [0.2, 0.25) is 0 Å². The van der Waals surface area contributed by atoms with Crippen molar-refractivity contribution >= 4 is 12.5 Å². The molecule has 1 rings (SSSR count). The zero-order valence-corrected chi connectivity index (χ0v) is 7.57. The van der Waals surface area contributed by atoms with Crippen LogP contribution in [-0.2, 0) is 4.79 Å². The Morgan fingerprint density at radius 3 is 2.62 bits per heavy atom. The first-order valence-corrected chi connectivity index (χ1v) is 4.27. The van der Waals surface area contributed by atoms with E-state index in [2.05, 4.69) is 18.2 Å². The molecule has 13 heavy (non-hydrogen) atoms. The monoisotopic (exact) mass is 175 g/mol. The maximum absolute atomic E-state index is 10.1. The summed E-state index contributed by atoms with van der Waals surface area (Å²) in [5.41, 5.74) is 1.38. The summed E-state index contributed by atoms with van der Waals surface area (Å²) in [6.45, 7) is 7.33. The number of carbonyl (C=O) groups is 1. The minimum Gasteiger partial charge on any atom is -0.296 e. The fourth-order valence-corrected chi connectivity index (χ4v) is 0.926. The van der Waals surface area contributed by atoms with Crippen molar-refractivity contribution in [3.8, 4) is 0 Å². The highest BCUT2D eigenvalue weighted by atomic mass is 16.1. The summed E-state index contributed by atoms with van der Waals surface area (Å²) in [4.78, 5) is 13.9. The third-order valence-electron chi connectivity index (χ3n) is 1.87. The van der Waals surface area contributed by atoms with Crippen molar-refractivity contribution in [3.63, 3.8) is 0 Å². The van der Waals surface area contributed by atoms with E-state index in [0.717, 1.165) is 5.57 Å². The van der Waals surface area contributed by atoms with Gasteiger partial charge in [0.2, 0.25) is 0 Å². The zero-order chi connectivity index (χ0) is 9.68. The van der Waals surface area contributed by atoms with Gasteiger partial charge in [0.05, 0.1) is 5.70 Å². The quantitative estimate of drug-likeness (QED) is 0.273. The van der Waals surface area contributed by atoms with E-state index < -0.39 is 0 Å². The average Bonchev–Trinajstić information content (AvgIpc) is 2.94. The lowest BCUT2D eigenvalue weighted by Crippen LogP contribution is -1.78. The van der Waals surface area contributed by atoms with Gasteiger partial charge in [0.25, 0.3) is 0 Å². The lowest BCUT2D eigenvalue weighted by molar-refractivity contribution is -0.104. The zero-order valence-electron chi connectivity index (χ0n) is 7.57. The standard InChI is InChI=1S/C11H13NO/c1-9(11-5-6-11)4-3-7-12-10(2)8-13/h3-4,7-8,11H,1-2,5-6H2/b4-3-,12-7+. The smallest absolute Gasteiger partial charge is 0.167 e. The molecule has 0 heterocycles. The molecule has 2 nitrogen and oxygen atoms in total. The Hall–Kier alpha value is -1.44. The molecule has 0 aromatic heterocycles. The summed E-state index contributed by atoms with van der Waals surface area (Å²) >= 11 is 0. The van der Waals surface area contributed by atoms with Gasteiger partial charge >= 0.3 is 0 Å². The number of hydrogen-bond donors (Lipinski definition) is 0. The summed E-state index contributed by atoms with van der Waals surface area (Å²) in [7, 11) is 0. The summed E-state index contributed by atoms with van der Waals surface area (Å²) in [5, 5.41) is 0. The van der Waals surface area contributed by atoms with Crippen LogP contribution in [0.15, 0.2) is 41.6 Å². The van der Waals surface area contributed by atoms with E-state index in [0.29, 0.717) is 12.2 Å². The van der Waals surface area contributed by atoms with Crippen molar-refractivity contribution in [2.75, 3.05) is 0 Å². The van der Waals surface area contributed by atoms with Crippen LogP contribution in [0, 0.1) is 5.92 Å². The molecule has 0 unspecified atom stereocenters. The number of rotatable bonds is 5. The topological polar surface area (TPSA) is 29.4 Å².